The van der Waals surface area contributed by atoms with Gasteiger partial charge in [-0.1, -0.05) is 12.1 Å². The predicted octanol–water partition coefficient (Wildman–Crippen LogP) is 1.76. The maximum absolute atomic E-state index is 5.84. The average Bonchev–Trinajstić information content (AvgIpc) is 2.27. The van der Waals surface area contributed by atoms with E-state index in [0.29, 0.717) is 6.61 Å². The van der Waals surface area contributed by atoms with Crippen molar-refractivity contribution in [1.29, 1.82) is 0 Å². The third-order valence-corrected chi connectivity index (χ3v) is 3.15. The molecular formula is C11H17NO2S. The van der Waals surface area contributed by atoms with Gasteiger partial charge in [0.1, 0.15) is 5.75 Å². The minimum Gasteiger partial charge on any atom is -0.496 e. The molecule has 0 spiro atoms. The van der Waals surface area contributed by atoms with Gasteiger partial charge in [0.05, 0.1) is 13.7 Å². The number of benzene rings is 1. The summed E-state index contributed by atoms with van der Waals surface area (Å²) in [6, 6.07) is 7.99. The van der Waals surface area contributed by atoms with E-state index < -0.39 is 0 Å². The van der Waals surface area contributed by atoms with Crippen LogP contribution in [0.5, 0.6) is 5.75 Å². The quantitative estimate of drug-likeness (QED) is 0.752. The Labute approximate surface area is 94.9 Å². The molecule has 1 aromatic carbocycles. The summed E-state index contributed by atoms with van der Waals surface area (Å²) >= 11 is 1.69. The van der Waals surface area contributed by atoms with E-state index in [9.17, 15) is 0 Å². The summed E-state index contributed by atoms with van der Waals surface area (Å²) in [6.07, 6.45) is 0. The minimum atomic E-state index is 0.0601. The van der Waals surface area contributed by atoms with Gasteiger partial charge in [0, 0.05) is 23.8 Å². The zero-order valence-corrected chi connectivity index (χ0v) is 9.92. The first kappa shape index (κ1) is 12.4. The van der Waals surface area contributed by atoms with Gasteiger partial charge in [0.25, 0.3) is 0 Å². The van der Waals surface area contributed by atoms with E-state index in [1.807, 2.05) is 24.3 Å². The third kappa shape index (κ3) is 4.11. The monoisotopic (exact) mass is 227 g/mol. The summed E-state index contributed by atoms with van der Waals surface area (Å²) in [5.41, 5.74) is 5.84. The Morgan fingerprint density at radius 1 is 1.33 bits per heavy atom. The van der Waals surface area contributed by atoms with Crippen LogP contribution < -0.4 is 10.5 Å². The van der Waals surface area contributed by atoms with Crippen molar-refractivity contribution in [2.45, 2.75) is 10.9 Å². The Balaban J connectivity index is 2.49. The Morgan fingerprint density at radius 2 is 2.07 bits per heavy atom. The van der Waals surface area contributed by atoms with E-state index in [0.717, 1.165) is 16.4 Å². The third-order valence-electron chi connectivity index (χ3n) is 1.90. The van der Waals surface area contributed by atoms with Crippen LogP contribution in [0.3, 0.4) is 0 Å². The lowest BCUT2D eigenvalue weighted by Gasteiger charge is -2.11. The topological polar surface area (TPSA) is 44.5 Å². The van der Waals surface area contributed by atoms with Crippen molar-refractivity contribution in [2.24, 2.45) is 5.73 Å². The van der Waals surface area contributed by atoms with E-state index in [2.05, 4.69) is 0 Å². The molecule has 4 heteroatoms. The minimum absolute atomic E-state index is 0.0601. The first-order valence-corrected chi connectivity index (χ1v) is 5.76. The molecule has 0 heterocycles. The second-order valence-corrected chi connectivity index (χ2v) is 4.24. The van der Waals surface area contributed by atoms with Gasteiger partial charge in [0.15, 0.2) is 0 Å². The van der Waals surface area contributed by atoms with Gasteiger partial charge in [-0.05, 0) is 12.1 Å². The lowest BCUT2D eigenvalue weighted by atomic mass is 10.3. The van der Waals surface area contributed by atoms with Crippen molar-refractivity contribution in [3.05, 3.63) is 24.3 Å². The van der Waals surface area contributed by atoms with Crippen LogP contribution in [-0.2, 0) is 4.74 Å². The molecule has 0 aliphatic heterocycles. The van der Waals surface area contributed by atoms with Crippen molar-refractivity contribution >= 4 is 11.8 Å². The second kappa shape index (κ2) is 6.71. The van der Waals surface area contributed by atoms with Gasteiger partial charge in [0.2, 0.25) is 0 Å². The standard InChI is InChI=1S/C11H17NO2S/c1-13-7-9(12)8-15-11-6-4-3-5-10(11)14-2/h3-6,9H,7-8,12H2,1-2H3. The van der Waals surface area contributed by atoms with Crippen LogP contribution in [0.15, 0.2) is 29.2 Å². The second-order valence-electron chi connectivity index (χ2n) is 3.18. The molecule has 0 bridgehead atoms. The van der Waals surface area contributed by atoms with Gasteiger partial charge in [-0.3, -0.25) is 0 Å². The van der Waals surface area contributed by atoms with Crippen molar-refractivity contribution in [3.8, 4) is 5.75 Å². The number of hydrogen-bond donors (Lipinski definition) is 1. The number of nitrogens with two attached hydrogens (primary N) is 1. The van der Waals surface area contributed by atoms with Crippen LogP contribution in [0, 0.1) is 0 Å². The molecule has 0 aliphatic carbocycles. The highest BCUT2D eigenvalue weighted by molar-refractivity contribution is 7.99. The Kier molecular flexibility index (Phi) is 5.53. The number of hydrogen-bond acceptors (Lipinski definition) is 4. The van der Waals surface area contributed by atoms with E-state index >= 15 is 0 Å². The molecule has 0 saturated heterocycles. The van der Waals surface area contributed by atoms with Crippen LogP contribution in [-0.4, -0.2) is 32.6 Å². The molecule has 84 valence electrons. The number of methoxy groups -OCH3 is 2. The first-order valence-electron chi connectivity index (χ1n) is 4.78. The lowest BCUT2D eigenvalue weighted by Crippen LogP contribution is -2.28. The highest BCUT2D eigenvalue weighted by Crippen LogP contribution is 2.28. The van der Waals surface area contributed by atoms with Crippen LogP contribution in [0.1, 0.15) is 0 Å². The molecule has 1 atom stereocenters. The summed E-state index contributed by atoms with van der Waals surface area (Å²) in [5.74, 6) is 1.72. The zero-order chi connectivity index (χ0) is 11.1. The molecule has 2 N–H and O–H groups in total. The van der Waals surface area contributed by atoms with E-state index in [1.54, 1.807) is 26.0 Å². The smallest absolute Gasteiger partial charge is 0.132 e. The molecule has 0 aromatic heterocycles. The molecule has 3 nitrogen and oxygen atoms in total. The Hall–Kier alpha value is -0.710. The summed E-state index contributed by atoms with van der Waals surface area (Å²) in [4.78, 5) is 1.12. The maximum Gasteiger partial charge on any atom is 0.132 e. The van der Waals surface area contributed by atoms with E-state index in [-0.39, 0.29) is 6.04 Å². The molecule has 0 amide bonds. The molecule has 0 aliphatic rings. The summed E-state index contributed by atoms with van der Waals surface area (Å²) < 4.78 is 10.2. The van der Waals surface area contributed by atoms with Gasteiger partial charge in [-0.25, -0.2) is 0 Å². The highest BCUT2D eigenvalue weighted by Gasteiger charge is 2.06. The predicted molar refractivity (Wildman–Crippen MR) is 63.6 cm³/mol. The van der Waals surface area contributed by atoms with Gasteiger partial charge >= 0.3 is 0 Å². The van der Waals surface area contributed by atoms with Gasteiger partial charge in [-0.15, -0.1) is 11.8 Å². The fourth-order valence-corrected chi connectivity index (χ4v) is 2.16. The zero-order valence-electron chi connectivity index (χ0n) is 9.10. The van der Waals surface area contributed by atoms with Crippen molar-refractivity contribution in [1.82, 2.24) is 0 Å². The molecular weight excluding hydrogens is 210 g/mol. The number of para-hydroxylation sites is 1. The first-order chi connectivity index (χ1) is 7.27. The molecule has 1 aromatic rings. The number of ether oxygens (including phenoxy) is 2. The van der Waals surface area contributed by atoms with E-state index in [4.69, 9.17) is 15.2 Å². The fraction of sp³-hybridized carbons (Fsp3) is 0.455. The SMILES string of the molecule is COCC(N)CSc1ccccc1OC. The summed E-state index contributed by atoms with van der Waals surface area (Å²) in [6.45, 7) is 0.585. The maximum atomic E-state index is 5.84. The van der Waals surface area contributed by atoms with Crippen LogP contribution >= 0.6 is 11.8 Å². The number of rotatable bonds is 6. The Morgan fingerprint density at radius 3 is 2.73 bits per heavy atom. The van der Waals surface area contributed by atoms with Gasteiger partial charge < -0.3 is 15.2 Å². The lowest BCUT2D eigenvalue weighted by molar-refractivity contribution is 0.186. The van der Waals surface area contributed by atoms with Crippen LogP contribution in [0.4, 0.5) is 0 Å². The molecule has 0 saturated carbocycles. The van der Waals surface area contributed by atoms with Crippen molar-refractivity contribution < 1.29 is 9.47 Å². The molecule has 1 rings (SSSR count). The molecule has 15 heavy (non-hydrogen) atoms. The molecule has 0 radical (unpaired) electrons. The summed E-state index contributed by atoms with van der Waals surface area (Å²) in [5, 5.41) is 0. The fourth-order valence-electron chi connectivity index (χ4n) is 1.20. The largest absolute Gasteiger partial charge is 0.496 e. The van der Waals surface area contributed by atoms with Crippen LogP contribution in [0.25, 0.3) is 0 Å². The van der Waals surface area contributed by atoms with Crippen molar-refractivity contribution in [2.75, 3.05) is 26.6 Å². The molecule has 0 fully saturated rings. The summed E-state index contributed by atoms with van der Waals surface area (Å²) in [7, 11) is 3.34. The van der Waals surface area contributed by atoms with E-state index in [1.165, 1.54) is 0 Å². The Bertz CT molecular complexity index is 294. The van der Waals surface area contributed by atoms with Crippen LogP contribution in [0.2, 0.25) is 0 Å². The average molecular weight is 227 g/mol. The number of thioether (sulfide) groups is 1. The normalized spacial score (nSPS) is 12.5. The van der Waals surface area contributed by atoms with Gasteiger partial charge in [-0.2, -0.15) is 0 Å². The highest BCUT2D eigenvalue weighted by atomic mass is 32.2. The van der Waals surface area contributed by atoms with Crippen molar-refractivity contribution in [3.63, 3.8) is 0 Å². The molecule has 1 unspecified atom stereocenters.